The van der Waals surface area contributed by atoms with Crippen LogP contribution in [0.1, 0.15) is 29.7 Å². The van der Waals surface area contributed by atoms with Crippen LogP contribution >= 0.6 is 0 Å². The maximum Gasteiger partial charge on any atom is 0.321 e. The molecule has 0 unspecified atom stereocenters. The summed E-state index contributed by atoms with van der Waals surface area (Å²) in [5, 5.41) is 9.18. The number of nitrogens with zero attached hydrogens (tertiary/aromatic N) is 2. The van der Waals surface area contributed by atoms with Crippen LogP contribution in [0.5, 0.6) is 0 Å². The summed E-state index contributed by atoms with van der Waals surface area (Å²) >= 11 is 0. The predicted octanol–water partition coefficient (Wildman–Crippen LogP) is 1.15. The van der Waals surface area contributed by atoms with Gasteiger partial charge in [0.2, 0.25) is 5.91 Å². The summed E-state index contributed by atoms with van der Waals surface area (Å²) in [4.78, 5) is 35.6. The number of carbonyl (C=O) groups is 2. The van der Waals surface area contributed by atoms with E-state index in [4.69, 9.17) is 0 Å². The number of hydrogen-bond acceptors (Lipinski definition) is 4. The van der Waals surface area contributed by atoms with Crippen LogP contribution in [0.15, 0.2) is 41.2 Å². The highest BCUT2D eigenvalue weighted by Gasteiger charge is 2.15. The molecule has 3 rings (SSSR count). The molecule has 130 valence electrons. The highest BCUT2D eigenvalue weighted by Crippen LogP contribution is 2.16. The Labute approximate surface area is 145 Å². The number of benzene rings is 1. The van der Waals surface area contributed by atoms with Crippen molar-refractivity contribution in [3.05, 3.63) is 63.6 Å². The second-order valence-electron chi connectivity index (χ2n) is 6.00. The first-order valence-electron chi connectivity index (χ1n) is 8.33. The maximum absolute atomic E-state index is 12.0. The monoisotopic (exact) mass is 340 g/mol. The Balaban J connectivity index is 1.46. The van der Waals surface area contributed by atoms with Gasteiger partial charge in [0, 0.05) is 19.0 Å². The van der Waals surface area contributed by atoms with Crippen molar-refractivity contribution in [1.82, 2.24) is 20.4 Å². The molecule has 2 aromatic rings. The van der Waals surface area contributed by atoms with Gasteiger partial charge < -0.3 is 5.32 Å². The Hall–Kier alpha value is -2.96. The summed E-state index contributed by atoms with van der Waals surface area (Å²) < 4.78 is 1.30. The molecule has 0 saturated carbocycles. The number of rotatable bonds is 5. The van der Waals surface area contributed by atoms with E-state index in [0.29, 0.717) is 6.54 Å². The van der Waals surface area contributed by atoms with E-state index in [2.05, 4.69) is 15.7 Å². The third-order valence-corrected chi connectivity index (χ3v) is 4.12. The zero-order valence-electron chi connectivity index (χ0n) is 13.8. The van der Waals surface area contributed by atoms with E-state index >= 15 is 0 Å². The highest BCUT2D eigenvalue weighted by molar-refractivity contribution is 5.94. The fourth-order valence-corrected chi connectivity index (χ4v) is 2.82. The molecule has 0 spiro atoms. The Morgan fingerprint density at radius 2 is 1.96 bits per heavy atom. The Morgan fingerprint density at radius 1 is 1.16 bits per heavy atom. The van der Waals surface area contributed by atoms with Gasteiger partial charge in [0.1, 0.15) is 0 Å². The van der Waals surface area contributed by atoms with Crippen molar-refractivity contribution < 1.29 is 9.59 Å². The SMILES string of the molecule is O=C(CCn1nc2c(cc1=O)CCC2)NC(=O)NCc1ccccc1. The molecule has 1 heterocycles. The summed E-state index contributed by atoms with van der Waals surface area (Å²) in [5.74, 6) is -0.445. The molecule has 0 radical (unpaired) electrons. The van der Waals surface area contributed by atoms with Crippen molar-refractivity contribution in [1.29, 1.82) is 0 Å². The van der Waals surface area contributed by atoms with E-state index in [1.165, 1.54) is 4.68 Å². The van der Waals surface area contributed by atoms with Gasteiger partial charge >= 0.3 is 6.03 Å². The molecule has 1 aliphatic rings. The lowest BCUT2D eigenvalue weighted by Crippen LogP contribution is -2.39. The molecular formula is C18H20N4O3. The number of fused-ring (bicyclic) bond motifs is 1. The van der Waals surface area contributed by atoms with Crippen LogP contribution in [0, 0.1) is 0 Å². The third kappa shape index (κ3) is 4.53. The van der Waals surface area contributed by atoms with Crippen molar-refractivity contribution in [2.75, 3.05) is 0 Å². The average Bonchev–Trinajstić information content (AvgIpc) is 3.06. The number of urea groups is 1. The number of aryl methyl sites for hydroxylation is 3. The van der Waals surface area contributed by atoms with Crippen molar-refractivity contribution in [3.63, 3.8) is 0 Å². The van der Waals surface area contributed by atoms with Crippen LogP contribution in [-0.4, -0.2) is 21.7 Å². The first kappa shape index (κ1) is 16.9. The van der Waals surface area contributed by atoms with E-state index in [9.17, 15) is 14.4 Å². The zero-order valence-corrected chi connectivity index (χ0v) is 13.8. The van der Waals surface area contributed by atoms with Gasteiger partial charge in [-0.1, -0.05) is 30.3 Å². The first-order valence-corrected chi connectivity index (χ1v) is 8.33. The molecule has 7 heteroatoms. The molecule has 1 aromatic carbocycles. The summed E-state index contributed by atoms with van der Waals surface area (Å²) in [7, 11) is 0. The molecular weight excluding hydrogens is 320 g/mol. The Bertz CT molecular complexity index is 830. The fraction of sp³-hybridized carbons (Fsp3) is 0.333. The lowest BCUT2D eigenvalue weighted by Gasteiger charge is -2.08. The molecule has 0 atom stereocenters. The molecule has 0 aliphatic heterocycles. The lowest BCUT2D eigenvalue weighted by molar-refractivity contribution is -0.120. The van der Waals surface area contributed by atoms with Crippen LogP contribution in [0.4, 0.5) is 4.79 Å². The predicted molar refractivity (Wildman–Crippen MR) is 92.0 cm³/mol. The largest absolute Gasteiger partial charge is 0.334 e. The van der Waals surface area contributed by atoms with Gasteiger partial charge in [0.25, 0.3) is 5.56 Å². The average molecular weight is 340 g/mol. The number of amides is 3. The molecule has 2 N–H and O–H groups in total. The summed E-state index contributed by atoms with van der Waals surface area (Å²) in [6, 6.07) is 10.5. The van der Waals surface area contributed by atoms with Crippen LogP contribution in [0.25, 0.3) is 0 Å². The van der Waals surface area contributed by atoms with Crippen molar-refractivity contribution >= 4 is 11.9 Å². The topological polar surface area (TPSA) is 93.1 Å². The van der Waals surface area contributed by atoms with Gasteiger partial charge in [0.05, 0.1) is 12.2 Å². The van der Waals surface area contributed by atoms with E-state index in [1.807, 2.05) is 30.3 Å². The summed E-state index contributed by atoms with van der Waals surface area (Å²) in [6.45, 7) is 0.496. The molecule has 3 amide bonds. The zero-order chi connectivity index (χ0) is 17.6. The van der Waals surface area contributed by atoms with E-state index in [0.717, 1.165) is 36.1 Å². The minimum Gasteiger partial charge on any atom is -0.334 e. The molecule has 7 nitrogen and oxygen atoms in total. The van der Waals surface area contributed by atoms with Crippen molar-refractivity contribution in [2.45, 2.75) is 38.8 Å². The Kier molecular flexibility index (Phi) is 5.23. The standard InChI is InChI=1S/C18H20N4O3/c23-16(20-18(25)19-12-13-5-2-1-3-6-13)9-10-22-17(24)11-14-7-4-8-15(14)21-22/h1-3,5-6,11H,4,7-10,12H2,(H2,19,20,23,25). The van der Waals surface area contributed by atoms with Gasteiger partial charge in [-0.2, -0.15) is 5.10 Å². The quantitative estimate of drug-likeness (QED) is 0.854. The van der Waals surface area contributed by atoms with Crippen LogP contribution in [0.3, 0.4) is 0 Å². The fourth-order valence-electron chi connectivity index (χ4n) is 2.82. The van der Waals surface area contributed by atoms with Crippen molar-refractivity contribution in [2.24, 2.45) is 0 Å². The minimum absolute atomic E-state index is 0.0183. The van der Waals surface area contributed by atoms with Gasteiger partial charge in [-0.15, -0.1) is 0 Å². The smallest absolute Gasteiger partial charge is 0.321 e. The molecule has 0 fully saturated rings. The lowest BCUT2D eigenvalue weighted by atomic mass is 10.2. The molecule has 1 aliphatic carbocycles. The molecule has 0 bridgehead atoms. The maximum atomic E-state index is 12.0. The molecule has 25 heavy (non-hydrogen) atoms. The number of imide groups is 1. The Morgan fingerprint density at radius 3 is 2.76 bits per heavy atom. The second kappa shape index (κ2) is 7.74. The van der Waals surface area contributed by atoms with Crippen LogP contribution in [-0.2, 0) is 30.7 Å². The first-order chi connectivity index (χ1) is 12.1. The number of hydrogen-bond donors (Lipinski definition) is 2. The normalized spacial score (nSPS) is 12.5. The van der Waals surface area contributed by atoms with Gasteiger partial charge in [-0.3, -0.25) is 14.9 Å². The van der Waals surface area contributed by atoms with Gasteiger partial charge in [0.15, 0.2) is 0 Å². The van der Waals surface area contributed by atoms with E-state index < -0.39 is 11.9 Å². The third-order valence-electron chi connectivity index (χ3n) is 4.12. The van der Waals surface area contributed by atoms with Crippen molar-refractivity contribution in [3.8, 4) is 0 Å². The summed E-state index contributed by atoms with van der Waals surface area (Å²) in [5.41, 5.74) is 2.67. The van der Waals surface area contributed by atoms with Gasteiger partial charge in [-0.25, -0.2) is 9.48 Å². The molecule has 0 saturated heterocycles. The minimum atomic E-state index is -0.553. The van der Waals surface area contributed by atoms with Crippen LogP contribution in [0.2, 0.25) is 0 Å². The molecule has 1 aromatic heterocycles. The van der Waals surface area contributed by atoms with E-state index in [1.54, 1.807) is 6.07 Å². The number of aromatic nitrogens is 2. The summed E-state index contributed by atoms with van der Waals surface area (Å²) in [6.07, 6.45) is 2.78. The van der Waals surface area contributed by atoms with E-state index in [-0.39, 0.29) is 18.5 Å². The number of carbonyl (C=O) groups excluding carboxylic acids is 2. The number of nitrogens with one attached hydrogen (secondary N) is 2. The van der Waals surface area contributed by atoms with Gasteiger partial charge in [-0.05, 0) is 30.4 Å². The second-order valence-corrected chi connectivity index (χ2v) is 6.00. The highest BCUT2D eigenvalue weighted by atomic mass is 16.2. The van der Waals surface area contributed by atoms with Crippen LogP contribution < -0.4 is 16.2 Å².